The van der Waals surface area contributed by atoms with E-state index in [2.05, 4.69) is 5.32 Å². The van der Waals surface area contributed by atoms with Crippen LogP contribution < -0.4 is 5.32 Å². The maximum atomic E-state index is 11.6. The molecule has 18 heavy (non-hydrogen) atoms. The molecule has 1 rings (SSSR count). The fraction of sp³-hybridized carbons (Fsp3) is 0.429. The van der Waals surface area contributed by atoms with E-state index in [0.717, 1.165) is 12.0 Å². The molecule has 0 aliphatic carbocycles. The van der Waals surface area contributed by atoms with Crippen LogP contribution in [0.15, 0.2) is 30.3 Å². The van der Waals surface area contributed by atoms with Crippen LogP contribution in [0.1, 0.15) is 25.3 Å². The second-order valence-electron chi connectivity index (χ2n) is 4.08. The third kappa shape index (κ3) is 4.57. The highest BCUT2D eigenvalue weighted by molar-refractivity contribution is 5.84. The maximum absolute atomic E-state index is 11.6. The molecule has 0 unspecified atom stereocenters. The molecule has 0 fully saturated rings. The van der Waals surface area contributed by atoms with Crippen LogP contribution in [0.3, 0.4) is 0 Å². The van der Waals surface area contributed by atoms with Crippen LogP contribution in [-0.4, -0.2) is 25.0 Å². The van der Waals surface area contributed by atoms with Gasteiger partial charge in [0, 0.05) is 12.8 Å². The number of esters is 1. The molecule has 0 radical (unpaired) electrons. The average Bonchev–Trinajstić information content (AvgIpc) is 2.38. The Labute approximate surface area is 107 Å². The van der Waals surface area contributed by atoms with Gasteiger partial charge in [0.2, 0.25) is 5.91 Å². The highest BCUT2D eigenvalue weighted by atomic mass is 16.5. The Balaban J connectivity index is 2.67. The van der Waals surface area contributed by atoms with E-state index in [4.69, 9.17) is 4.74 Å². The van der Waals surface area contributed by atoms with Gasteiger partial charge in [-0.3, -0.25) is 4.79 Å². The average molecular weight is 249 g/mol. The van der Waals surface area contributed by atoms with Crippen molar-refractivity contribution >= 4 is 11.9 Å². The molecule has 1 atom stereocenters. The summed E-state index contributed by atoms with van der Waals surface area (Å²) < 4.78 is 4.71. The van der Waals surface area contributed by atoms with Crippen molar-refractivity contribution < 1.29 is 14.3 Å². The van der Waals surface area contributed by atoms with E-state index in [1.807, 2.05) is 37.3 Å². The summed E-state index contributed by atoms with van der Waals surface area (Å²) in [7, 11) is 1.33. The Morgan fingerprint density at radius 1 is 1.28 bits per heavy atom. The first kappa shape index (κ1) is 14.2. The van der Waals surface area contributed by atoms with Crippen molar-refractivity contribution in [3.8, 4) is 0 Å². The van der Waals surface area contributed by atoms with E-state index in [1.165, 1.54) is 7.11 Å². The summed E-state index contributed by atoms with van der Waals surface area (Å²) in [4.78, 5) is 23.2. The van der Waals surface area contributed by atoms with Crippen LogP contribution in [-0.2, 0) is 20.7 Å². The molecule has 98 valence electrons. The summed E-state index contributed by atoms with van der Waals surface area (Å²) in [6.45, 7) is 1.92. The topological polar surface area (TPSA) is 55.4 Å². The van der Waals surface area contributed by atoms with E-state index >= 15 is 0 Å². The van der Waals surface area contributed by atoms with Gasteiger partial charge in [-0.15, -0.1) is 0 Å². The molecule has 0 saturated heterocycles. The summed E-state index contributed by atoms with van der Waals surface area (Å²) in [5, 5.41) is 2.70. The van der Waals surface area contributed by atoms with Gasteiger partial charge in [0.25, 0.3) is 0 Å². The number of benzene rings is 1. The lowest BCUT2D eigenvalue weighted by molar-refractivity contribution is -0.145. The normalized spacial score (nSPS) is 11.7. The highest BCUT2D eigenvalue weighted by Gasteiger charge is 2.21. The number of methoxy groups -OCH3 is 1. The van der Waals surface area contributed by atoms with Gasteiger partial charge in [0.05, 0.1) is 7.11 Å². The number of carbonyl (C=O) groups excluding carboxylic acids is 2. The quantitative estimate of drug-likeness (QED) is 0.780. The fourth-order valence-electron chi connectivity index (χ4n) is 1.68. The summed E-state index contributed by atoms with van der Waals surface area (Å²) >= 11 is 0. The fourth-order valence-corrected chi connectivity index (χ4v) is 1.68. The minimum atomic E-state index is -0.614. The molecule has 0 aromatic heterocycles. The van der Waals surface area contributed by atoms with Gasteiger partial charge in [-0.05, 0) is 12.0 Å². The third-order valence-corrected chi connectivity index (χ3v) is 2.58. The molecular weight excluding hydrogens is 230 g/mol. The van der Waals surface area contributed by atoms with Crippen molar-refractivity contribution in [3.05, 3.63) is 35.9 Å². The van der Waals surface area contributed by atoms with Crippen LogP contribution in [0.25, 0.3) is 0 Å². The highest BCUT2D eigenvalue weighted by Crippen LogP contribution is 2.05. The number of rotatable bonds is 6. The molecule has 1 N–H and O–H groups in total. The zero-order chi connectivity index (χ0) is 13.4. The molecule has 1 amide bonds. The zero-order valence-corrected chi connectivity index (χ0v) is 10.8. The monoisotopic (exact) mass is 249 g/mol. The molecule has 0 heterocycles. The lowest BCUT2D eigenvalue weighted by Crippen LogP contribution is -2.42. The Morgan fingerprint density at radius 3 is 2.50 bits per heavy atom. The number of carbonyl (C=O) groups is 2. The molecule has 1 aromatic carbocycles. The molecular formula is C14H19NO3. The maximum Gasteiger partial charge on any atom is 0.328 e. The van der Waals surface area contributed by atoms with Crippen LogP contribution >= 0.6 is 0 Å². The third-order valence-electron chi connectivity index (χ3n) is 2.58. The molecule has 1 aromatic rings. The van der Waals surface area contributed by atoms with E-state index < -0.39 is 12.0 Å². The van der Waals surface area contributed by atoms with Crippen molar-refractivity contribution in [1.29, 1.82) is 0 Å². The van der Waals surface area contributed by atoms with Crippen LogP contribution in [0.2, 0.25) is 0 Å². The largest absolute Gasteiger partial charge is 0.467 e. The number of hydrogen-bond acceptors (Lipinski definition) is 3. The second-order valence-corrected chi connectivity index (χ2v) is 4.08. The summed E-state index contributed by atoms with van der Waals surface area (Å²) in [5.41, 5.74) is 0.990. The van der Waals surface area contributed by atoms with Gasteiger partial charge in [0.15, 0.2) is 0 Å². The summed E-state index contributed by atoms with van der Waals surface area (Å²) in [6.07, 6.45) is 1.62. The zero-order valence-electron chi connectivity index (χ0n) is 10.8. The Kier molecular flexibility index (Phi) is 5.91. The van der Waals surface area contributed by atoms with Crippen molar-refractivity contribution in [2.75, 3.05) is 7.11 Å². The lowest BCUT2D eigenvalue weighted by Gasteiger charge is -2.16. The van der Waals surface area contributed by atoms with Gasteiger partial charge in [-0.2, -0.15) is 0 Å². The standard InChI is InChI=1S/C14H19NO3/c1-3-7-13(16)15-12(14(17)18-2)10-11-8-5-4-6-9-11/h4-6,8-9,12H,3,7,10H2,1-2H3,(H,15,16)/t12-/m0/s1. The van der Waals surface area contributed by atoms with Crippen molar-refractivity contribution in [2.24, 2.45) is 0 Å². The predicted molar refractivity (Wildman–Crippen MR) is 69.0 cm³/mol. The number of amides is 1. The number of ether oxygens (including phenoxy) is 1. The van der Waals surface area contributed by atoms with Crippen LogP contribution in [0.5, 0.6) is 0 Å². The first-order valence-corrected chi connectivity index (χ1v) is 6.08. The Bertz CT molecular complexity index is 389. The van der Waals surface area contributed by atoms with Crippen molar-refractivity contribution in [1.82, 2.24) is 5.32 Å². The van der Waals surface area contributed by atoms with E-state index in [1.54, 1.807) is 0 Å². The van der Waals surface area contributed by atoms with Gasteiger partial charge >= 0.3 is 5.97 Å². The molecule has 0 saturated carbocycles. The van der Waals surface area contributed by atoms with E-state index in [-0.39, 0.29) is 5.91 Å². The molecule has 4 heteroatoms. The first-order valence-electron chi connectivity index (χ1n) is 6.08. The number of nitrogens with one attached hydrogen (secondary N) is 1. The van der Waals surface area contributed by atoms with E-state index in [0.29, 0.717) is 12.8 Å². The predicted octanol–water partition coefficient (Wildman–Crippen LogP) is 1.69. The molecule has 0 bridgehead atoms. The smallest absolute Gasteiger partial charge is 0.328 e. The van der Waals surface area contributed by atoms with Gasteiger partial charge in [-0.1, -0.05) is 37.3 Å². The Hall–Kier alpha value is -1.84. The van der Waals surface area contributed by atoms with Crippen LogP contribution in [0, 0.1) is 0 Å². The van der Waals surface area contributed by atoms with Crippen molar-refractivity contribution in [2.45, 2.75) is 32.2 Å². The number of hydrogen-bond donors (Lipinski definition) is 1. The van der Waals surface area contributed by atoms with E-state index in [9.17, 15) is 9.59 Å². The second kappa shape index (κ2) is 7.48. The SMILES string of the molecule is CCCC(=O)N[C@@H](Cc1ccccc1)C(=O)OC. The van der Waals surface area contributed by atoms with Gasteiger partial charge in [0.1, 0.15) is 6.04 Å². The summed E-state index contributed by atoms with van der Waals surface area (Å²) in [6, 6.07) is 8.93. The van der Waals surface area contributed by atoms with Gasteiger partial charge < -0.3 is 10.1 Å². The minimum Gasteiger partial charge on any atom is -0.467 e. The molecule has 0 spiro atoms. The van der Waals surface area contributed by atoms with Gasteiger partial charge in [-0.25, -0.2) is 4.79 Å². The van der Waals surface area contributed by atoms with Crippen LogP contribution in [0.4, 0.5) is 0 Å². The molecule has 0 aliphatic heterocycles. The van der Waals surface area contributed by atoms with Crippen molar-refractivity contribution in [3.63, 3.8) is 0 Å². The lowest BCUT2D eigenvalue weighted by atomic mass is 10.1. The first-order chi connectivity index (χ1) is 8.67. The molecule has 4 nitrogen and oxygen atoms in total. The Morgan fingerprint density at radius 2 is 1.94 bits per heavy atom. The minimum absolute atomic E-state index is 0.121. The summed E-state index contributed by atoms with van der Waals surface area (Å²) in [5.74, 6) is -0.535. The molecule has 0 aliphatic rings.